The van der Waals surface area contributed by atoms with Crippen molar-refractivity contribution in [2.45, 2.75) is 77.2 Å². The molecule has 1 fully saturated rings. The van der Waals surface area contributed by atoms with Crippen molar-refractivity contribution in [1.29, 1.82) is 0 Å². The Kier molecular flexibility index (Phi) is 8.97. The molecule has 0 amide bonds. The monoisotopic (exact) mass is 629 g/mol. The van der Waals surface area contributed by atoms with Gasteiger partial charge in [-0.05, 0) is 108 Å². The Morgan fingerprint density at radius 1 is 1.11 bits per heavy atom. The van der Waals surface area contributed by atoms with Crippen molar-refractivity contribution in [3.63, 3.8) is 0 Å². The summed E-state index contributed by atoms with van der Waals surface area (Å²) in [6, 6.07) is 13.6. The first-order chi connectivity index (χ1) is 21.3. The van der Waals surface area contributed by atoms with Gasteiger partial charge in [-0.2, -0.15) is 0 Å². The summed E-state index contributed by atoms with van der Waals surface area (Å²) in [6.07, 6.45) is 4.93. The van der Waals surface area contributed by atoms with Crippen LogP contribution in [0.15, 0.2) is 66.1 Å². The fraction of sp³-hybridized carbons (Fsp3) is 0.389. The van der Waals surface area contributed by atoms with Crippen LogP contribution in [0.4, 0.5) is 0 Å². The lowest BCUT2D eigenvalue weighted by Gasteiger charge is -2.17. The molecule has 0 unspecified atom stereocenters. The van der Waals surface area contributed by atoms with Crippen molar-refractivity contribution >= 4 is 26.7 Å². The summed E-state index contributed by atoms with van der Waals surface area (Å²) < 4.78 is 34.6. The van der Waals surface area contributed by atoms with Crippen molar-refractivity contribution in [2.24, 2.45) is 0 Å². The van der Waals surface area contributed by atoms with E-state index in [-0.39, 0.29) is 30.3 Å². The van der Waals surface area contributed by atoms with Crippen LogP contribution in [-0.2, 0) is 23.0 Å². The van der Waals surface area contributed by atoms with E-state index in [2.05, 4.69) is 16.5 Å². The van der Waals surface area contributed by atoms with Crippen molar-refractivity contribution in [3.05, 3.63) is 99.6 Å². The molecule has 9 heteroatoms. The molecule has 0 bridgehead atoms. The number of fused-ring (bicyclic) bond motifs is 1. The molecule has 0 atom stereocenters. The number of Topliss-reactive ketones (excluding diaryl/α,β-unsaturated/α-hetero) is 1. The molecule has 1 aliphatic rings. The number of carbonyl (C=O) groups is 1. The number of carbonyl (C=O) groups excluding carboxylic acids is 1. The van der Waals surface area contributed by atoms with Crippen molar-refractivity contribution < 1.29 is 17.9 Å². The highest BCUT2D eigenvalue weighted by Crippen LogP contribution is 2.49. The summed E-state index contributed by atoms with van der Waals surface area (Å²) in [7, 11) is 0.251. The Morgan fingerprint density at radius 3 is 2.40 bits per heavy atom. The van der Waals surface area contributed by atoms with Gasteiger partial charge in [0.2, 0.25) is 10.0 Å². The quantitative estimate of drug-likeness (QED) is 0.133. The van der Waals surface area contributed by atoms with Crippen LogP contribution in [0.2, 0.25) is 0 Å². The van der Waals surface area contributed by atoms with Gasteiger partial charge in [0, 0.05) is 35.8 Å². The number of rotatable bonds is 13. The normalized spacial score (nSPS) is 14.3. The number of ether oxygens (including phenoxy) is 1. The lowest BCUT2D eigenvalue weighted by atomic mass is 9.94. The van der Waals surface area contributed by atoms with Gasteiger partial charge in [0.1, 0.15) is 5.75 Å². The molecule has 238 valence electrons. The lowest BCUT2D eigenvalue weighted by Crippen LogP contribution is -2.28. The van der Waals surface area contributed by atoms with E-state index in [0.29, 0.717) is 58.3 Å². The molecule has 1 saturated carbocycles. The summed E-state index contributed by atoms with van der Waals surface area (Å²) >= 11 is 0. The Balaban J connectivity index is 1.62. The number of hydrogen-bond acceptors (Lipinski definition) is 6. The second kappa shape index (κ2) is 12.4. The third-order valence-corrected chi connectivity index (χ3v) is 11.0. The zero-order valence-electron chi connectivity index (χ0n) is 27.1. The molecule has 1 N–H and O–H groups in total. The Labute approximate surface area is 265 Å². The largest absolute Gasteiger partial charge is 0.490 e. The number of nitrogens with one attached hydrogen (secondary N) is 1. The van der Waals surface area contributed by atoms with E-state index >= 15 is 0 Å². The number of aromatic amines is 1. The van der Waals surface area contributed by atoms with Crippen LogP contribution in [0, 0.1) is 13.8 Å². The molecule has 2 aromatic carbocycles. The number of pyridine rings is 1. The van der Waals surface area contributed by atoms with Gasteiger partial charge in [0.15, 0.2) is 5.78 Å². The standard InChI is InChI=1S/C36H43N3O5S/c1-8-15-36(16-17-36)45(42,43)39-21-24(4)34-30(19-28(20-31(34)39)27-11-9-26(10-12-27)22-38(6)7)32(40)14-13-29-33(44-23(2)3)18-25(5)37-35(29)41/h8-12,18-21,23H,1,13-17,22H2,2-7H3,(H,37,41). The number of hydrogen-bond donors (Lipinski definition) is 1. The molecule has 1 aliphatic carbocycles. The first kappa shape index (κ1) is 32.4. The van der Waals surface area contributed by atoms with Gasteiger partial charge in [-0.1, -0.05) is 30.3 Å². The Morgan fingerprint density at radius 2 is 1.80 bits per heavy atom. The fourth-order valence-corrected chi connectivity index (χ4v) is 8.18. The van der Waals surface area contributed by atoms with E-state index in [0.717, 1.165) is 23.2 Å². The van der Waals surface area contributed by atoms with Crippen LogP contribution in [0.1, 0.15) is 72.3 Å². The van der Waals surface area contributed by atoms with E-state index in [9.17, 15) is 18.0 Å². The maximum Gasteiger partial charge on any atom is 0.255 e. The molecule has 4 aromatic rings. The first-order valence-corrected chi connectivity index (χ1v) is 16.9. The fourth-order valence-electron chi connectivity index (χ4n) is 6.11. The SMILES string of the molecule is C=CCC1(S(=O)(=O)n2cc(C)c3c(C(=O)CCc4c(OC(C)C)cc(C)[nH]c4=O)cc(-c4ccc(CN(C)C)cc4)cc32)CC1. The third kappa shape index (κ3) is 6.42. The number of H-pyrrole nitrogens is 1. The topological polar surface area (TPSA) is 101 Å². The Hall–Kier alpha value is -3.95. The molecule has 2 heterocycles. The van der Waals surface area contributed by atoms with Crippen LogP contribution in [0.3, 0.4) is 0 Å². The van der Waals surface area contributed by atoms with Crippen LogP contribution in [-0.4, -0.2) is 53.0 Å². The van der Waals surface area contributed by atoms with Crippen molar-refractivity contribution in [1.82, 2.24) is 13.9 Å². The lowest BCUT2D eigenvalue weighted by molar-refractivity contribution is 0.0984. The minimum Gasteiger partial charge on any atom is -0.490 e. The zero-order valence-corrected chi connectivity index (χ0v) is 27.9. The van der Waals surface area contributed by atoms with Gasteiger partial charge in [0.25, 0.3) is 5.56 Å². The summed E-state index contributed by atoms with van der Waals surface area (Å²) in [5, 5.41) is 0.613. The van der Waals surface area contributed by atoms with E-state index < -0.39 is 14.8 Å². The molecule has 45 heavy (non-hydrogen) atoms. The van der Waals surface area contributed by atoms with Crippen molar-refractivity contribution in [3.8, 4) is 16.9 Å². The Bertz CT molecular complexity index is 1930. The third-order valence-electron chi connectivity index (χ3n) is 8.47. The number of nitrogens with zero attached hydrogens (tertiary/aromatic N) is 2. The smallest absolute Gasteiger partial charge is 0.255 e. The highest BCUT2D eigenvalue weighted by molar-refractivity contribution is 7.91. The zero-order chi connectivity index (χ0) is 32.7. The maximum absolute atomic E-state index is 14.1. The molecule has 5 rings (SSSR count). The number of ketones is 1. The minimum atomic E-state index is -3.77. The van der Waals surface area contributed by atoms with E-state index in [1.807, 2.05) is 71.3 Å². The maximum atomic E-state index is 14.1. The summed E-state index contributed by atoms with van der Waals surface area (Å²) in [5.74, 6) is 0.299. The summed E-state index contributed by atoms with van der Waals surface area (Å²) in [6.45, 7) is 12.0. The van der Waals surface area contributed by atoms with Crippen LogP contribution in [0.5, 0.6) is 5.75 Å². The highest BCUT2D eigenvalue weighted by Gasteiger charge is 2.54. The van der Waals surface area contributed by atoms with Crippen LogP contribution >= 0.6 is 0 Å². The summed E-state index contributed by atoms with van der Waals surface area (Å²) in [4.78, 5) is 31.9. The first-order valence-electron chi connectivity index (χ1n) is 15.4. The number of benzene rings is 2. The molecule has 2 aromatic heterocycles. The molecule has 0 spiro atoms. The van der Waals surface area contributed by atoms with E-state index in [4.69, 9.17) is 4.74 Å². The molecule has 0 saturated heterocycles. The predicted octanol–water partition coefficient (Wildman–Crippen LogP) is 6.56. The second-order valence-electron chi connectivity index (χ2n) is 12.9. The molecular formula is C36H43N3O5S. The van der Waals surface area contributed by atoms with E-state index in [1.54, 1.807) is 25.3 Å². The molecule has 8 nitrogen and oxygen atoms in total. The number of aryl methyl sites for hydroxylation is 2. The number of allylic oxidation sites excluding steroid dienone is 1. The van der Waals surface area contributed by atoms with Gasteiger partial charge < -0.3 is 14.6 Å². The molecular weight excluding hydrogens is 586 g/mol. The number of aromatic nitrogens is 2. The predicted molar refractivity (Wildman–Crippen MR) is 181 cm³/mol. The van der Waals surface area contributed by atoms with Gasteiger partial charge in [-0.25, -0.2) is 12.4 Å². The highest BCUT2D eigenvalue weighted by atomic mass is 32.2. The average molecular weight is 630 g/mol. The average Bonchev–Trinajstić information content (AvgIpc) is 3.68. The van der Waals surface area contributed by atoms with Crippen LogP contribution in [0.25, 0.3) is 22.0 Å². The van der Waals surface area contributed by atoms with Gasteiger partial charge >= 0.3 is 0 Å². The van der Waals surface area contributed by atoms with Gasteiger partial charge in [0.05, 0.1) is 21.9 Å². The van der Waals surface area contributed by atoms with Gasteiger partial charge in [-0.15, -0.1) is 6.58 Å². The minimum absolute atomic E-state index is 0.0543. The molecule has 0 aliphatic heterocycles. The summed E-state index contributed by atoms with van der Waals surface area (Å²) in [5.41, 5.74) is 5.23. The van der Waals surface area contributed by atoms with Crippen molar-refractivity contribution in [2.75, 3.05) is 14.1 Å². The molecule has 0 radical (unpaired) electrons. The van der Waals surface area contributed by atoms with Crippen LogP contribution < -0.4 is 10.3 Å². The van der Waals surface area contributed by atoms with Gasteiger partial charge in [-0.3, -0.25) is 9.59 Å². The van der Waals surface area contributed by atoms with E-state index in [1.165, 1.54) is 3.97 Å². The second-order valence-corrected chi connectivity index (χ2v) is 15.1.